The first-order chi connectivity index (χ1) is 6.66. The Kier molecular flexibility index (Phi) is 4.44. The van der Waals surface area contributed by atoms with Crippen LogP contribution in [0.4, 0.5) is 8.78 Å². The summed E-state index contributed by atoms with van der Waals surface area (Å²) in [6.45, 7) is 1.12. The van der Waals surface area contributed by atoms with Crippen LogP contribution in [0.25, 0.3) is 0 Å². The van der Waals surface area contributed by atoms with Gasteiger partial charge in [0.15, 0.2) is 0 Å². The van der Waals surface area contributed by atoms with Crippen molar-refractivity contribution in [3.63, 3.8) is 0 Å². The van der Waals surface area contributed by atoms with Gasteiger partial charge in [-0.2, -0.15) is 0 Å². The van der Waals surface area contributed by atoms with Gasteiger partial charge in [-0.15, -0.1) is 0 Å². The molecule has 0 aromatic heterocycles. The van der Waals surface area contributed by atoms with E-state index < -0.39 is 11.6 Å². The third-order valence-corrected chi connectivity index (χ3v) is 2.37. The Hall–Kier alpha value is -0.520. The highest BCUT2D eigenvalue weighted by molar-refractivity contribution is 9.10. The molecule has 2 nitrogen and oxygen atoms in total. The molecule has 5 heteroatoms. The van der Waals surface area contributed by atoms with Crippen molar-refractivity contribution in [2.24, 2.45) is 5.73 Å². The average molecular weight is 265 g/mol. The molecule has 0 aliphatic rings. The fraction of sp³-hybridized carbons (Fsp3) is 0.333. The predicted molar refractivity (Wildman–Crippen MR) is 54.8 cm³/mol. The van der Waals surface area contributed by atoms with Crippen LogP contribution >= 0.6 is 15.9 Å². The van der Waals surface area contributed by atoms with E-state index in [1.54, 1.807) is 0 Å². The Labute approximate surface area is 89.6 Å². The third kappa shape index (κ3) is 2.73. The van der Waals surface area contributed by atoms with Gasteiger partial charge in [-0.3, -0.25) is 0 Å². The molecule has 0 amide bonds. The minimum absolute atomic E-state index is 0.0350. The zero-order valence-corrected chi connectivity index (χ0v) is 9.07. The van der Waals surface area contributed by atoms with Gasteiger partial charge >= 0.3 is 0 Å². The van der Waals surface area contributed by atoms with Gasteiger partial charge in [-0.1, -0.05) is 0 Å². The second-order valence-corrected chi connectivity index (χ2v) is 3.64. The van der Waals surface area contributed by atoms with E-state index in [0.29, 0.717) is 13.1 Å². The number of nitrogens with one attached hydrogen (secondary N) is 1. The second-order valence-electron chi connectivity index (χ2n) is 2.79. The van der Waals surface area contributed by atoms with Crippen LogP contribution in [-0.4, -0.2) is 13.1 Å². The van der Waals surface area contributed by atoms with E-state index in [-0.39, 0.29) is 16.6 Å². The van der Waals surface area contributed by atoms with Gasteiger partial charge in [0.25, 0.3) is 0 Å². The molecule has 14 heavy (non-hydrogen) atoms. The smallest absolute Gasteiger partial charge is 0.144 e. The van der Waals surface area contributed by atoms with Crippen LogP contribution in [0.2, 0.25) is 0 Å². The summed E-state index contributed by atoms with van der Waals surface area (Å²) in [6.07, 6.45) is 0. The van der Waals surface area contributed by atoms with Crippen molar-refractivity contribution >= 4 is 15.9 Å². The van der Waals surface area contributed by atoms with Gasteiger partial charge in [0, 0.05) is 25.2 Å². The van der Waals surface area contributed by atoms with Crippen molar-refractivity contribution in [1.29, 1.82) is 0 Å². The molecule has 0 bridgehead atoms. The molecule has 0 fully saturated rings. The molecular formula is C9H11BrF2N2. The Morgan fingerprint density at radius 3 is 2.71 bits per heavy atom. The molecule has 1 aromatic carbocycles. The summed E-state index contributed by atoms with van der Waals surface area (Å²) in [4.78, 5) is 0. The van der Waals surface area contributed by atoms with Gasteiger partial charge < -0.3 is 11.1 Å². The van der Waals surface area contributed by atoms with Crippen LogP contribution in [-0.2, 0) is 6.54 Å². The van der Waals surface area contributed by atoms with Gasteiger partial charge in [-0.05, 0) is 28.1 Å². The van der Waals surface area contributed by atoms with E-state index in [2.05, 4.69) is 21.2 Å². The largest absolute Gasteiger partial charge is 0.329 e. The second kappa shape index (κ2) is 5.38. The van der Waals surface area contributed by atoms with E-state index in [4.69, 9.17) is 5.73 Å². The van der Waals surface area contributed by atoms with Gasteiger partial charge in [-0.25, -0.2) is 8.78 Å². The standard InChI is InChI=1S/C9H11BrF2N2/c10-7-1-2-8(11)6(9(7)12)5-14-4-3-13/h1-2,14H,3-5,13H2. The highest BCUT2D eigenvalue weighted by atomic mass is 79.9. The molecule has 0 spiro atoms. The topological polar surface area (TPSA) is 38.0 Å². The van der Waals surface area contributed by atoms with E-state index in [1.165, 1.54) is 12.1 Å². The van der Waals surface area contributed by atoms with Crippen molar-refractivity contribution in [1.82, 2.24) is 5.32 Å². The monoisotopic (exact) mass is 264 g/mol. The molecular weight excluding hydrogens is 254 g/mol. The van der Waals surface area contributed by atoms with Gasteiger partial charge in [0.05, 0.1) is 4.47 Å². The maximum atomic E-state index is 13.3. The summed E-state index contributed by atoms with van der Waals surface area (Å²) in [5.74, 6) is -1.11. The Morgan fingerprint density at radius 2 is 2.07 bits per heavy atom. The number of halogens is 3. The number of rotatable bonds is 4. The minimum atomic E-state index is -0.561. The summed E-state index contributed by atoms with van der Waals surface area (Å²) in [7, 11) is 0. The molecule has 0 aliphatic heterocycles. The number of hydrogen-bond acceptors (Lipinski definition) is 2. The van der Waals surface area contributed by atoms with Crippen molar-refractivity contribution in [2.45, 2.75) is 6.54 Å². The predicted octanol–water partition coefficient (Wildman–Crippen LogP) is 1.78. The van der Waals surface area contributed by atoms with Crippen molar-refractivity contribution in [3.8, 4) is 0 Å². The number of benzene rings is 1. The molecule has 0 radical (unpaired) electrons. The molecule has 1 rings (SSSR count). The first kappa shape index (κ1) is 11.6. The van der Waals surface area contributed by atoms with Crippen LogP contribution < -0.4 is 11.1 Å². The lowest BCUT2D eigenvalue weighted by molar-refractivity contribution is 0.533. The van der Waals surface area contributed by atoms with Crippen LogP contribution in [0.1, 0.15) is 5.56 Å². The lowest BCUT2D eigenvalue weighted by atomic mass is 10.2. The quantitative estimate of drug-likeness (QED) is 0.643. The maximum Gasteiger partial charge on any atom is 0.144 e. The zero-order valence-electron chi connectivity index (χ0n) is 7.49. The van der Waals surface area contributed by atoms with E-state index in [1.807, 2.05) is 0 Å². The fourth-order valence-corrected chi connectivity index (χ4v) is 1.42. The molecule has 0 aliphatic carbocycles. The average Bonchev–Trinajstić information content (AvgIpc) is 2.18. The summed E-state index contributed by atoms with van der Waals surface area (Å²) in [6, 6.07) is 2.57. The SMILES string of the molecule is NCCNCc1c(F)ccc(Br)c1F. The zero-order chi connectivity index (χ0) is 10.6. The van der Waals surface area contributed by atoms with Crippen LogP contribution in [0, 0.1) is 11.6 Å². The summed E-state index contributed by atoms with van der Waals surface area (Å²) in [5.41, 5.74) is 5.27. The highest BCUT2D eigenvalue weighted by Crippen LogP contribution is 2.21. The Bertz CT molecular complexity index is 318. The first-order valence-corrected chi connectivity index (χ1v) is 4.99. The summed E-state index contributed by atoms with van der Waals surface area (Å²) in [5, 5.41) is 2.83. The molecule has 0 saturated carbocycles. The van der Waals surface area contributed by atoms with Crippen LogP contribution in [0.3, 0.4) is 0 Å². The molecule has 0 unspecified atom stereocenters. The molecule has 3 N–H and O–H groups in total. The van der Waals surface area contributed by atoms with Crippen LogP contribution in [0.5, 0.6) is 0 Å². The van der Waals surface area contributed by atoms with Crippen molar-refractivity contribution in [3.05, 3.63) is 33.8 Å². The minimum Gasteiger partial charge on any atom is -0.329 e. The normalized spacial score (nSPS) is 10.6. The number of hydrogen-bond donors (Lipinski definition) is 2. The molecule has 1 aromatic rings. The molecule has 0 saturated heterocycles. The van der Waals surface area contributed by atoms with E-state index in [0.717, 1.165) is 0 Å². The van der Waals surface area contributed by atoms with Gasteiger partial charge in [0.1, 0.15) is 11.6 Å². The molecule has 0 atom stereocenters. The number of nitrogens with two attached hydrogens (primary N) is 1. The highest BCUT2D eigenvalue weighted by Gasteiger charge is 2.11. The maximum absolute atomic E-state index is 13.3. The first-order valence-electron chi connectivity index (χ1n) is 4.20. The Balaban J connectivity index is 2.79. The Morgan fingerprint density at radius 1 is 1.36 bits per heavy atom. The molecule has 78 valence electrons. The van der Waals surface area contributed by atoms with Crippen LogP contribution in [0.15, 0.2) is 16.6 Å². The fourth-order valence-electron chi connectivity index (χ4n) is 1.05. The lowest BCUT2D eigenvalue weighted by Crippen LogP contribution is -2.23. The van der Waals surface area contributed by atoms with Gasteiger partial charge in [0.2, 0.25) is 0 Å². The summed E-state index contributed by atoms with van der Waals surface area (Å²) >= 11 is 3.00. The van der Waals surface area contributed by atoms with E-state index in [9.17, 15) is 8.78 Å². The summed E-state index contributed by atoms with van der Waals surface area (Å²) < 4.78 is 26.7. The van der Waals surface area contributed by atoms with E-state index >= 15 is 0 Å². The lowest BCUT2D eigenvalue weighted by Gasteiger charge is -2.07. The van der Waals surface area contributed by atoms with Crippen molar-refractivity contribution < 1.29 is 8.78 Å². The molecule has 0 heterocycles. The van der Waals surface area contributed by atoms with Crippen molar-refractivity contribution in [2.75, 3.05) is 13.1 Å². The third-order valence-electron chi connectivity index (χ3n) is 1.76.